The van der Waals surface area contributed by atoms with Crippen LogP contribution in [0, 0.1) is 5.92 Å². The van der Waals surface area contributed by atoms with Crippen molar-refractivity contribution in [1.29, 1.82) is 0 Å². The van der Waals surface area contributed by atoms with E-state index in [2.05, 4.69) is 0 Å². The number of Topliss-reactive ketones (excluding diaryl/α,β-unsaturated/α-hetero) is 1. The van der Waals surface area contributed by atoms with E-state index >= 15 is 0 Å². The highest BCUT2D eigenvalue weighted by Gasteiger charge is 2.22. The van der Waals surface area contributed by atoms with Gasteiger partial charge in [-0.05, 0) is 20.5 Å². The van der Waals surface area contributed by atoms with Crippen molar-refractivity contribution in [3.8, 4) is 0 Å². The highest BCUT2D eigenvalue weighted by Crippen LogP contribution is 2.09. The van der Waals surface area contributed by atoms with Crippen molar-refractivity contribution >= 4 is 12.1 Å². The van der Waals surface area contributed by atoms with E-state index in [4.69, 9.17) is 0 Å². The lowest BCUT2D eigenvalue weighted by Gasteiger charge is -2.23. The van der Waals surface area contributed by atoms with Gasteiger partial charge >= 0.3 is 0 Å². The second-order valence-electron chi connectivity index (χ2n) is 3.78. The van der Waals surface area contributed by atoms with Gasteiger partial charge in [-0.1, -0.05) is 13.8 Å². The van der Waals surface area contributed by atoms with Crippen LogP contribution >= 0.6 is 0 Å². The highest BCUT2D eigenvalue weighted by molar-refractivity contribution is 5.85. The van der Waals surface area contributed by atoms with Crippen LogP contribution in [0.5, 0.6) is 0 Å². The van der Waals surface area contributed by atoms with E-state index in [-0.39, 0.29) is 17.7 Å². The van der Waals surface area contributed by atoms with E-state index < -0.39 is 0 Å². The Bertz CT molecular complexity index is 176. The minimum Gasteiger partial charge on any atom is -0.303 e. The van der Waals surface area contributed by atoms with Crippen molar-refractivity contribution in [2.24, 2.45) is 5.92 Å². The fraction of sp³-hybridized carbons (Fsp3) is 0.800. The highest BCUT2D eigenvalue weighted by atomic mass is 16.1. The van der Waals surface area contributed by atoms with Crippen molar-refractivity contribution in [2.45, 2.75) is 32.7 Å². The zero-order valence-corrected chi connectivity index (χ0v) is 8.91. The Kier molecular flexibility index (Phi) is 5.55. The molecule has 3 nitrogen and oxygen atoms in total. The monoisotopic (exact) mass is 185 g/mol. The minimum absolute atomic E-state index is 0.0408. The first-order valence-electron chi connectivity index (χ1n) is 4.64. The van der Waals surface area contributed by atoms with E-state index in [1.165, 1.54) is 0 Å². The molecular formula is C10H19NO2. The molecule has 13 heavy (non-hydrogen) atoms. The first-order chi connectivity index (χ1) is 6.00. The van der Waals surface area contributed by atoms with Crippen LogP contribution in [0.4, 0.5) is 0 Å². The zero-order valence-electron chi connectivity index (χ0n) is 8.91. The molecule has 1 unspecified atom stereocenters. The molecule has 0 aromatic carbocycles. The van der Waals surface area contributed by atoms with E-state index in [0.717, 1.165) is 6.29 Å². The molecule has 0 aromatic heterocycles. The van der Waals surface area contributed by atoms with Crippen LogP contribution in [-0.2, 0) is 9.59 Å². The molecule has 0 saturated carbocycles. The van der Waals surface area contributed by atoms with Gasteiger partial charge in [0.15, 0.2) is 5.78 Å². The largest absolute Gasteiger partial charge is 0.303 e. The molecule has 1 atom stereocenters. The predicted molar refractivity (Wildman–Crippen MR) is 52.6 cm³/mol. The van der Waals surface area contributed by atoms with Gasteiger partial charge in [0.1, 0.15) is 6.29 Å². The second-order valence-corrected chi connectivity index (χ2v) is 3.78. The molecule has 0 N–H and O–H groups in total. The summed E-state index contributed by atoms with van der Waals surface area (Å²) in [4.78, 5) is 23.7. The van der Waals surface area contributed by atoms with Gasteiger partial charge in [0.05, 0.1) is 6.04 Å². The molecule has 0 aliphatic carbocycles. The third-order valence-electron chi connectivity index (χ3n) is 2.08. The van der Waals surface area contributed by atoms with Crippen LogP contribution < -0.4 is 0 Å². The maximum absolute atomic E-state index is 11.6. The Morgan fingerprint density at radius 1 is 1.38 bits per heavy atom. The summed E-state index contributed by atoms with van der Waals surface area (Å²) in [6.07, 6.45) is 1.96. The predicted octanol–water partition coefficient (Wildman–Crippen LogP) is 1.12. The molecule has 0 amide bonds. The number of carbonyl (C=O) groups is 2. The number of hydrogen-bond donors (Lipinski definition) is 0. The van der Waals surface area contributed by atoms with Crippen molar-refractivity contribution in [1.82, 2.24) is 4.90 Å². The molecule has 0 spiro atoms. The quantitative estimate of drug-likeness (QED) is 0.582. The molecular weight excluding hydrogens is 166 g/mol. The molecule has 76 valence electrons. The average molecular weight is 185 g/mol. The standard InChI is InChI=1S/C10H19NO2/c1-8(2)10(13)9(11(3)4)6-5-7-12/h7-9H,5-6H2,1-4H3. The van der Waals surface area contributed by atoms with Gasteiger partial charge in [-0.2, -0.15) is 0 Å². The summed E-state index contributed by atoms with van der Waals surface area (Å²) in [6, 6.07) is -0.106. The summed E-state index contributed by atoms with van der Waals surface area (Å²) >= 11 is 0. The van der Waals surface area contributed by atoms with Gasteiger partial charge in [-0.3, -0.25) is 9.69 Å². The summed E-state index contributed by atoms with van der Waals surface area (Å²) in [6.45, 7) is 3.78. The van der Waals surface area contributed by atoms with E-state index in [1.807, 2.05) is 32.8 Å². The Balaban J connectivity index is 4.23. The number of aldehydes is 1. The van der Waals surface area contributed by atoms with Gasteiger partial charge in [-0.25, -0.2) is 0 Å². The topological polar surface area (TPSA) is 37.4 Å². The number of hydrogen-bond acceptors (Lipinski definition) is 3. The smallest absolute Gasteiger partial charge is 0.152 e. The third-order valence-corrected chi connectivity index (χ3v) is 2.08. The fourth-order valence-electron chi connectivity index (χ4n) is 1.27. The van der Waals surface area contributed by atoms with Crippen LogP contribution in [-0.4, -0.2) is 37.1 Å². The van der Waals surface area contributed by atoms with Crippen LogP contribution in [0.25, 0.3) is 0 Å². The Hall–Kier alpha value is -0.700. The van der Waals surface area contributed by atoms with E-state index in [0.29, 0.717) is 12.8 Å². The van der Waals surface area contributed by atoms with Crippen molar-refractivity contribution in [2.75, 3.05) is 14.1 Å². The second kappa shape index (κ2) is 5.86. The third kappa shape index (κ3) is 4.18. The maximum atomic E-state index is 11.6. The van der Waals surface area contributed by atoms with Gasteiger partial charge in [-0.15, -0.1) is 0 Å². The molecule has 0 saturated heterocycles. The summed E-state index contributed by atoms with van der Waals surface area (Å²) in [7, 11) is 3.74. The van der Waals surface area contributed by atoms with Crippen molar-refractivity contribution in [3.63, 3.8) is 0 Å². The van der Waals surface area contributed by atoms with Crippen LogP contribution in [0.1, 0.15) is 26.7 Å². The van der Waals surface area contributed by atoms with Crippen LogP contribution in [0.2, 0.25) is 0 Å². The lowest BCUT2D eigenvalue weighted by molar-refractivity contribution is -0.126. The lowest BCUT2D eigenvalue weighted by Crippen LogP contribution is -2.38. The number of carbonyl (C=O) groups excluding carboxylic acids is 2. The number of likely N-dealkylation sites (N-methyl/N-ethyl adjacent to an activating group) is 1. The molecule has 0 rings (SSSR count). The molecule has 0 fully saturated rings. The summed E-state index contributed by atoms with van der Waals surface area (Å²) in [5, 5.41) is 0. The summed E-state index contributed by atoms with van der Waals surface area (Å²) in [5.74, 6) is 0.255. The molecule has 0 aliphatic rings. The first-order valence-corrected chi connectivity index (χ1v) is 4.64. The van der Waals surface area contributed by atoms with Gasteiger partial charge in [0.25, 0.3) is 0 Å². The van der Waals surface area contributed by atoms with Gasteiger partial charge < -0.3 is 4.79 Å². The Labute approximate surface area is 80.1 Å². The molecule has 0 heterocycles. The molecule has 3 heteroatoms. The Morgan fingerprint density at radius 2 is 1.92 bits per heavy atom. The lowest BCUT2D eigenvalue weighted by atomic mass is 9.97. The fourth-order valence-corrected chi connectivity index (χ4v) is 1.27. The van der Waals surface area contributed by atoms with Crippen molar-refractivity contribution < 1.29 is 9.59 Å². The van der Waals surface area contributed by atoms with Crippen LogP contribution in [0.15, 0.2) is 0 Å². The SMILES string of the molecule is CC(C)C(=O)C(CCC=O)N(C)C. The molecule has 0 bridgehead atoms. The first kappa shape index (κ1) is 12.3. The van der Waals surface area contributed by atoms with Gasteiger partial charge in [0.2, 0.25) is 0 Å². The zero-order chi connectivity index (χ0) is 10.4. The summed E-state index contributed by atoms with van der Waals surface area (Å²) < 4.78 is 0. The number of rotatable bonds is 6. The molecule has 0 aliphatic heterocycles. The van der Waals surface area contributed by atoms with Crippen molar-refractivity contribution in [3.05, 3.63) is 0 Å². The normalized spacial score (nSPS) is 13.4. The van der Waals surface area contributed by atoms with E-state index in [1.54, 1.807) is 0 Å². The molecule has 0 radical (unpaired) electrons. The Morgan fingerprint density at radius 3 is 2.23 bits per heavy atom. The van der Waals surface area contributed by atoms with E-state index in [9.17, 15) is 9.59 Å². The minimum atomic E-state index is -0.106. The number of nitrogens with zero attached hydrogens (tertiary/aromatic N) is 1. The number of ketones is 1. The summed E-state index contributed by atoms with van der Waals surface area (Å²) in [5.41, 5.74) is 0. The van der Waals surface area contributed by atoms with Gasteiger partial charge in [0, 0.05) is 12.3 Å². The molecule has 0 aromatic rings. The van der Waals surface area contributed by atoms with Crippen LogP contribution in [0.3, 0.4) is 0 Å². The average Bonchev–Trinajstić information content (AvgIpc) is 2.04. The maximum Gasteiger partial charge on any atom is 0.152 e.